The van der Waals surface area contributed by atoms with Crippen molar-refractivity contribution in [3.8, 4) is 0 Å². The monoisotopic (exact) mass is 498 g/mol. The molecule has 0 unspecified atom stereocenters. The number of thiocarbonyl (C=S) groups is 1. The topological polar surface area (TPSA) is 75.9 Å². The lowest BCUT2D eigenvalue weighted by atomic mass is 10.2. The van der Waals surface area contributed by atoms with Gasteiger partial charge in [-0.05, 0) is 49.2 Å². The van der Waals surface area contributed by atoms with E-state index in [0.29, 0.717) is 40.4 Å². The Morgan fingerprint density at radius 2 is 2.00 bits per heavy atom. The van der Waals surface area contributed by atoms with Crippen LogP contribution >= 0.6 is 24.0 Å². The van der Waals surface area contributed by atoms with E-state index in [1.165, 1.54) is 21.4 Å². The first-order valence-electron chi connectivity index (χ1n) is 10.8. The fourth-order valence-electron chi connectivity index (χ4n) is 3.43. The first kappa shape index (κ1) is 24.1. The van der Waals surface area contributed by atoms with Crippen LogP contribution in [0, 0.1) is 5.82 Å². The Kier molecular flexibility index (Phi) is 7.71. The van der Waals surface area contributed by atoms with Gasteiger partial charge in [0.15, 0.2) is 0 Å². The summed E-state index contributed by atoms with van der Waals surface area (Å²) >= 11 is 6.54. The van der Waals surface area contributed by atoms with Gasteiger partial charge in [0.1, 0.15) is 21.6 Å². The molecule has 176 valence electrons. The lowest BCUT2D eigenvalue weighted by Gasteiger charge is -2.14. The highest BCUT2D eigenvalue weighted by Gasteiger charge is 2.32. The summed E-state index contributed by atoms with van der Waals surface area (Å²) in [5.41, 5.74) is 1.24. The largest absolute Gasteiger partial charge is 0.382 e. The van der Waals surface area contributed by atoms with Gasteiger partial charge in [-0.25, -0.2) is 9.37 Å². The normalized spacial score (nSPS) is 15.0. The maximum absolute atomic E-state index is 13.3. The van der Waals surface area contributed by atoms with Crippen LogP contribution < -0.4 is 10.9 Å². The van der Waals surface area contributed by atoms with Crippen LogP contribution in [0.5, 0.6) is 0 Å². The SMILES string of the molecule is CCOCCCNc1nc2ccccn2c(=O)c1/C=C1/SC(=S)N(Cc2ccc(F)cc2)C1=O. The van der Waals surface area contributed by atoms with Crippen molar-refractivity contribution >= 4 is 51.7 Å². The van der Waals surface area contributed by atoms with Crippen LogP contribution in [0.3, 0.4) is 0 Å². The second-order valence-electron chi connectivity index (χ2n) is 7.48. The minimum atomic E-state index is -0.348. The number of hydrogen-bond donors (Lipinski definition) is 1. The van der Waals surface area contributed by atoms with E-state index in [9.17, 15) is 14.0 Å². The summed E-state index contributed by atoms with van der Waals surface area (Å²) in [4.78, 5) is 32.8. The minimum absolute atomic E-state index is 0.222. The van der Waals surface area contributed by atoms with Gasteiger partial charge in [-0.15, -0.1) is 0 Å². The number of benzene rings is 1. The van der Waals surface area contributed by atoms with Crippen molar-refractivity contribution in [1.29, 1.82) is 0 Å². The molecular weight excluding hydrogens is 475 g/mol. The molecule has 0 bridgehead atoms. The molecule has 1 aliphatic rings. The number of aromatic nitrogens is 2. The molecule has 1 amide bonds. The van der Waals surface area contributed by atoms with E-state index in [0.717, 1.165) is 23.7 Å². The van der Waals surface area contributed by atoms with E-state index < -0.39 is 0 Å². The highest BCUT2D eigenvalue weighted by Crippen LogP contribution is 2.34. The maximum atomic E-state index is 13.3. The first-order chi connectivity index (χ1) is 16.5. The quantitative estimate of drug-likeness (QED) is 0.271. The van der Waals surface area contributed by atoms with Crippen molar-refractivity contribution in [2.75, 3.05) is 25.1 Å². The summed E-state index contributed by atoms with van der Waals surface area (Å²) in [5, 5.41) is 3.21. The number of rotatable bonds is 9. The number of amides is 1. The Morgan fingerprint density at radius 3 is 2.76 bits per heavy atom. The summed E-state index contributed by atoms with van der Waals surface area (Å²) < 4.78 is 20.4. The molecule has 1 fully saturated rings. The number of carbonyl (C=O) groups excluding carboxylic acids is 1. The van der Waals surface area contributed by atoms with Gasteiger partial charge in [0.25, 0.3) is 11.5 Å². The smallest absolute Gasteiger partial charge is 0.267 e. The zero-order chi connectivity index (χ0) is 24.1. The highest BCUT2D eigenvalue weighted by molar-refractivity contribution is 8.26. The average Bonchev–Trinajstić information content (AvgIpc) is 3.10. The summed E-state index contributed by atoms with van der Waals surface area (Å²) in [6.45, 7) is 3.94. The number of nitrogens with zero attached hydrogens (tertiary/aromatic N) is 3. The van der Waals surface area contributed by atoms with Crippen LogP contribution in [-0.4, -0.2) is 44.3 Å². The molecule has 1 saturated heterocycles. The Bertz CT molecular complexity index is 1310. The van der Waals surface area contributed by atoms with Gasteiger partial charge in [-0.3, -0.25) is 18.9 Å². The fraction of sp³-hybridized carbons (Fsp3) is 0.250. The van der Waals surface area contributed by atoms with Gasteiger partial charge in [0.2, 0.25) is 0 Å². The summed E-state index contributed by atoms with van der Waals surface area (Å²) in [6, 6.07) is 11.2. The van der Waals surface area contributed by atoms with E-state index in [1.807, 2.05) is 6.92 Å². The number of ether oxygens (including phenoxy) is 1. The predicted octanol–water partition coefficient (Wildman–Crippen LogP) is 4.07. The van der Waals surface area contributed by atoms with E-state index in [-0.39, 0.29) is 29.4 Å². The number of halogens is 1. The number of hydrogen-bond acceptors (Lipinski definition) is 7. The zero-order valence-electron chi connectivity index (χ0n) is 18.5. The zero-order valence-corrected chi connectivity index (χ0v) is 20.1. The van der Waals surface area contributed by atoms with Crippen LogP contribution in [0.15, 0.2) is 58.4 Å². The molecule has 1 N–H and O–H groups in total. The molecule has 1 aliphatic heterocycles. The number of pyridine rings is 1. The van der Waals surface area contributed by atoms with Crippen molar-refractivity contribution < 1.29 is 13.9 Å². The van der Waals surface area contributed by atoms with Crippen LogP contribution in [-0.2, 0) is 16.1 Å². The molecule has 0 aliphatic carbocycles. The standard InChI is InChI=1S/C24H23FN4O3S2/c1-2-32-13-5-11-26-21-18(22(30)28-12-4-3-6-20(28)27-21)14-19-23(31)29(24(33)34-19)15-16-7-9-17(25)10-8-16/h3-4,6-10,12,14,26H,2,5,11,13,15H2,1H3/b19-14+. The molecule has 1 aromatic carbocycles. The summed E-state index contributed by atoms with van der Waals surface area (Å²) in [6.07, 6.45) is 3.92. The van der Waals surface area contributed by atoms with E-state index in [4.69, 9.17) is 17.0 Å². The van der Waals surface area contributed by atoms with Gasteiger partial charge < -0.3 is 10.1 Å². The Morgan fingerprint density at radius 1 is 1.21 bits per heavy atom. The average molecular weight is 499 g/mol. The fourth-order valence-corrected chi connectivity index (χ4v) is 4.67. The molecule has 0 spiro atoms. The van der Waals surface area contributed by atoms with Gasteiger partial charge in [0, 0.05) is 26.0 Å². The van der Waals surface area contributed by atoms with Crippen LogP contribution in [0.2, 0.25) is 0 Å². The minimum Gasteiger partial charge on any atom is -0.382 e. The van der Waals surface area contributed by atoms with E-state index >= 15 is 0 Å². The van der Waals surface area contributed by atoms with E-state index in [1.54, 1.807) is 42.6 Å². The number of nitrogens with one attached hydrogen (secondary N) is 1. The number of anilines is 1. The van der Waals surface area contributed by atoms with Gasteiger partial charge in [-0.1, -0.05) is 42.2 Å². The molecule has 34 heavy (non-hydrogen) atoms. The van der Waals surface area contributed by atoms with Crippen LogP contribution in [0.1, 0.15) is 24.5 Å². The number of thioether (sulfide) groups is 1. The predicted molar refractivity (Wildman–Crippen MR) is 136 cm³/mol. The number of carbonyl (C=O) groups is 1. The van der Waals surface area contributed by atoms with Crippen molar-refractivity contribution in [3.63, 3.8) is 0 Å². The Balaban J connectivity index is 1.64. The third-order valence-corrected chi connectivity index (χ3v) is 6.51. The first-order valence-corrected chi connectivity index (χ1v) is 12.0. The molecule has 7 nitrogen and oxygen atoms in total. The van der Waals surface area contributed by atoms with Crippen LogP contribution in [0.4, 0.5) is 10.2 Å². The summed E-state index contributed by atoms with van der Waals surface area (Å²) in [7, 11) is 0. The third-order valence-electron chi connectivity index (χ3n) is 5.13. The summed E-state index contributed by atoms with van der Waals surface area (Å²) in [5.74, 6) is -0.254. The van der Waals surface area contributed by atoms with Crippen molar-refractivity contribution in [3.05, 3.63) is 80.9 Å². The molecule has 3 aromatic rings. The molecule has 10 heteroatoms. The molecular formula is C24H23FN4O3S2. The molecule has 2 aromatic heterocycles. The molecule has 3 heterocycles. The Labute approximate surface area is 205 Å². The maximum Gasteiger partial charge on any atom is 0.267 e. The Hall–Kier alpha value is -3.08. The molecule has 0 radical (unpaired) electrons. The van der Waals surface area contributed by atoms with Gasteiger partial charge >= 0.3 is 0 Å². The lowest BCUT2D eigenvalue weighted by molar-refractivity contribution is -0.122. The van der Waals surface area contributed by atoms with Gasteiger partial charge in [0.05, 0.1) is 17.0 Å². The molecule has 0 atom stereocenters. The van der Waals surface area contributed by atoms with Crippen molar-refractivity contribution in [2.45, 2.75) is 19.9 Å². The third kappa shape index (κ3) is 5.35. The lowest BCUT2D eigenvalue weighted by Crippen LogP contribution is -2.27. The second-order valence-corrected chi connectivity index (χ2v) is 9.16. The van der Waals surface area contributed by atoms with E-state index in [2.05, 4.69) is 10.3 Å². The number of fused-ring (bicyclic) bond motifs is 1. The second kappa shape index (κ2) is 10.9. The van der Waals surface area contributed by atoms with Crippen LogP contribution in [0.25, 0.3) is 11.7 Å². The molecule has 4 rings (SSSR count). The molecule has 0 saturated carbocycles. The highest BCUT2D eigenvalue weighted by atomic mass is 32.2. The van der Waals surface area contributed by atoms with Crippen molar-refractivity contribution in [2.24, 2.45) is 0 Å². The van der Waals surface area contributed by atoms with Gasteiger partial charge in [-0.2, -0.15) is 0 Å². The van der Waals surface area contributed by atoms with Crippen molar-refractivity contribution in [1.82, 2.24) is 14.3 Å².